The quantitative estimate of drug-likeness (QED) is 0.224. The van der Waals surface area contributed by atoms with Gasteiger partial charge in [0.2, 0.25) is 0 Å². The van der Waals surface area contributed by atoms with E-state index < -0.39 is 17.8 Å². The summed E-state index contributed by atoms with van der Waals surface area (Å²) in [4.78, 5) is 53.3. The molecule has 3 aromatic rings. The van der Waals surface area contributed by atoms with Crippen molar-refractivity contribution in [2.75, 3.05) is 11.9 Å². The highest BCUT2D eigenvalue weighted by Crippen LogP contribution is 2.40. The lowest BCUT2D eigenvalue weighted by Crippen LogP contribution is -2.32. The zero-order valence-corrected chi connectivity index (χ0v) is 19.6. The zero-order chi connectivity index (χ0) is 24.2. The van der Waals surface area contributed by atoms with Crippen LogP contribution >= 0.6 is 11.3 Å². The monoisotopic (exact) mass is 480 g/mol. The molecule has 0 spiro atoms. The lowest BCUT2D eigenvalue weighted by atomic mass is 9.88. The number of ether oxygens (including phenoxy) is 1. The normalized spacial score (nSPS) is 15.2. The van der Waals surface area contributed by atoms with Gasteiger partial charge in [-0.25, -0.2) is 10.2 Å². The van der Waals surface area contributed by atoms with Crippen LogP contribution in [0.2, 0.25) is 0 Å². The maximum absolute atomic E-state index is 12.6. The Kier molecular flexibility index (Phi) is 6.87. The van der Waals surface area contributed by atoms with Gasteiger partial charge in [0.25, 0.3) is 5.56 Å². The Hall–Kier alpha value is -3.79. The van der Waals surface area contributed by atoms with Crippen LogP contribution in [-0.4, -0.2) is 35.6 Å². The number of hydrogen-bond acceptors (Lipinski definition) is 7. The van der Waals surface area contributed by atoms with Gasteiger partial charge in [-0.1, -0.05) is 25.1 Å². The van der Waals surface area contributed by atoms with Gasteiger partial charge in [-0.2, -0.15) is 5.10 Å². The molecule has 1 aromatic carbocycles. The molecule has 1 aliphatic carbocycles. The molecule has 9 nitrogen and oxygen atoms in total. The molecule has 0 bridgehead atoms. The molecule has 0 radical (unpaired) electrons. The Morgan fingerprint density at radius 3 is 2.85 bits per heavy atom. The van der Waals surface area contributed by atoms with Gasteiger partial charge in [0.1, 0.15) is 5.00 Å². The molecule has 4 rings (SSSR count). The van der Waals surface area contributed by atoms with Crippen LogP contribution in [-0.2, 0) is 27.2 Å². The van der Waals surface area contributed by atoms with Crippen LogP contribution < -0.4 is 16.3 Å². The van der Waals surface area contributed by atoms with E-state index in [4.69, 9.17) is 4.74 Å². The highest BCUT2D eigenvalue weighted by Gasteiger charge is 2.30. The van der Waals surface area contributed by atoms with Crippen LogP contribution in [0.5, 0.6) is 0 Å². The first kappa shape index (κ1) is 23.4. The number of amides is 2. The number of nitrogens with one attached hydrogen (secondary N) is 3. The molecule has 0 saturated carbocycles. The molecule has 176 valence electrons. The topological polar surface area (TPSA) is 130 Å². The van der Waals surface area contributed by atoms with Crippen LogP contribution in [0, 0.1) is 5.92 Å². The lowest BCUT2D eigenvalue weighted by Gasteiger charge is -2.18. The van der Waals surface area contributed by atoms with Crippen LogP contribution in [0.1, 0.15) is 46.6 Å². The number of nitrogens with zero attached hydrogens (tertiary/aromatic N) is 1. The van der Waals surface area contributed by atoms with Crippen molar-refractivity contribution < 1.29 is 19.1 Å². The predicted octanol–water partition coefficient (Wildman–Crippen LogP) is 2.98. The number of anilines is 1. The molecule has 10 heteroatoms. The van der Waals surface area contributed by atoms with Gasteiger partial charge in [0, 0.05) is 10.4 Å². The van der Waals surface area contributed by atoms with Crippen molar-refractivity contribution >= 4 is 51.2 Å². The first-order chi connectivity index (χ1) is 16.4. The Morgan fingerprint density at radius 1 is 1.26 bits per heavy atom. The van der Waals surface area contributed by atoms with Crippen LogP contribution in [0.15, 0.2) is 40.2 Å². The van der Waals surface area contributed by atoms with Gasteiger partial charge >= 0.3 is 17.8 Å². The number of carbonyl (C=O) groups excluding carboxylic acids is 3. The number of thiophene rings is 1. The summed E-state index contributed by atoms with van der Waals surface area (Å²) in [6.07, 6.45) is 3.63. The molecule has 2 heterocycles. The summed E-state index contributed by atoms with van der Waals surface area (Å²) in [5, 5.41) is 7.37. The largest absolute Gasteiger partial charge is 0.462 e. The average molecular weight is 481 g/mol. The van der Waals surface area contributed by atoms with Gasteiger partial charge in [0.15, 0.2) is 0 Å². The number of hydrazone groups is 1. The van der Waals surface area contributed by atoms with E-state index in [1.54, 1.807) is 19.1 Å². The molecule has 0 saturated heterocycles. The highest BCUT2D eigenvalue weighted by molar-refractivity contribution is 7.17. The number of fused-ring (bicyclic) bond motifs is 2. The number of rotatable bonds is 5. The van der Waals surface area contributed by atoms with Crippen molar-refractivity contribution in [1.29, 1.82) is 0 Å². The van der Waals surface area contributed by atoms with E-state index in [0.717, 1.165) is 28.7 Å². The molecular formula is C24H24N4O5S. The number of para-hydroxylation sites is 1. The molecule has 3 N–H and O–H groups in total. The minimum absolute atomic E-state index is 0.205. The van der Waals surface area contributed by atoms with Crippen molar-refractivity contribution in [2.45, 2.75) is 33.1 Å². The second kappa shape index (κ2) is 10.0. The van der Waals surface area contributed by atoms with Crippen molar-refractivity contribution in [1.82, 2.24) is 10.4 Å². The molecule has 1 aliphatic rings. The van der Waals surface area contributed by atoms with Gasteiger partial charge in [0.05, 0.1) is 23.9 Å². The zero-order valence-electron chi connectivity index (χ0n) is 18.8. The molecule has 1 atom stereocenters. The van der Waals surface area contributed by atoms with E-state index >= 15 is 0 Å². The number of aromatic nitrogens is 1. The predicted molar refractivity (Wildman–Crippen MR) is 130 cm³/mol. The van der Waals surface area contributed by atoms with Gasteiger partial charge in [-0.3, -0.25) is 14.4 Å². The Labute approximate surface area is 199 Å². The maximum Gasteiger partial charge on any atom is 0.341 e. The number of esters is 1. The fraction of sp³-hybridized carbons (Fsp3) is 0.292. The Morgan fingerprint density at radius 2 is 2.06 bits per heavy atom. The van der Waals surface area contributed by atoms with E-state index in [2.05, 4.69) is 27.8 Å². The highest BCUT2D eigenvalue weighted by atomic mass is 32.1. The van der Waals surface area contributed by atoms with Crippen LogP contribution in [0.25, 0.3) is 10.9 Å². The third-order valence-electron chi connectivity index (χ3n) is 5.58. The van der Waals surface area contributed by atoms with Gasteiger partial charge in [-0.15, -0.1) is 11.3 Å². The van der Waals surface area contributed by atoms with E-state index in [1.165, 1.54) is 17.6 Å². The number of benzene rings is 1. The van der Waals surface area contributed by atoms with Crippen LogP contribution in [0.4, 0.5) is 5.00 Å². The lowest BCUT2D eigenvalue weighted by molar-refractivity contribution is -0.136. The van der Waals surface area contributed by atoms with Crippen molar-refractivity contribution in [3.05, 3.63) is 62.3 Å². The summed E-state index contributed by atoms with van der Waals surface area (Å²) < 4.78 is 5.18. The third kappa shape index (κ3) is 4.91. The second-order valence-corrected chi connectivity index (χ2v) is 9.18. The number of pyridine rings is 1. The first-order valence-electron chi connectivity index (χ1n) is 11.0. The summed E-state index contributed by atoms with van der Waals surface area (Å²) >= 11 is 1.29. The smallest absolute Gasteiger partial charge is 0.341 e. The molecule has 2 amide bonds. The number of hydrogen-bond donors (Lipinski definition) is 3. The Bertz CT molecular complexity index is 1360. The summed E-state index contributed by atoms with van der Waals surface area (Å²) in [7, 11) is 0. The number of carbonyl (C=O) groups is 3. The van der Waals surface area contributed by atoms with E-state index in [-0.39, 0.29) is 17.7 Å². The number of H-pyrrole nitrogens is 1. The summed E-state index contributed by atoms with van der Waals surface area (Å²) in [6.45, 7) is 4.05. The maximum atomic E-state index is 12.6. The summed E-state index contributed by atoms with van der Waals surface area (Å²) in [5.74, 6) is -2.04. The van der Waals surface area contributed by atoms with Crippen molar-refractivity contribution in [3.63, 3.8) is 0 Å². The van der Waals surface area contributed by atoms with Crippen molar-refractivity contribution in [2.24, 2.45) is 11.0 Å². The number of aromatic amines is 1. The van der Waals surface area contributed by atoms with Gasteiger partial charge in [-0.05, 0) is 55.2 Å². The fourth-order valence-electron chi connectivity index (χ4n) is 3.89. The third-order valence-corrected chi connectivity index (χ3v) is 6.75. The minimum Gasteiger partial charge on any atom is -0.462 e. The molecule has 0 unspecified atom stereocenters. The second-order valence-electron chi connectivity index (χ2n) is 8.07. The van der Waals surface area contributed by atoms with Crippen molar-refractivity contribution in [3.8, 4) is 0 Å². The fourth-order valence-corrected chi connectivity index (χ4v) is 5.28. The van der Waals surface area contributed by atoms with Gasteiger partial charge < -0.3 is 15.0 Å². The van der Waals surface area contributed by atoms with E-state index in [9.17, 15) is 19.2 Å². The SMILES string of the molecule is CCOC(=O)c1c(NC(=O)C(=O)N/N=C\c2cc3ccccc3[nH]c2=O)sc2c1CC[C@H](C)C2. The standard InChI is InChI=1S/C24H24N4O5S/c1-3-33-24(32)19-16-9-8-13(2)10-18(16)34-23(19)27-21(30)22(31)28-25-12-15-11-14-6-4-5-7-17(14)26-20(15)29/h4-7,11-13H,3,8-10H2,1-2H3,(H,26,29)(H,27,30)(H,28,31)/b25-12-/t13-/m0/s1. The van der Waals surface area contributed by atoms with E-state index in [0.29, 0.717) is 28.4 Å². The molecule has 0 aliphatic heterocycles. The summed E-state index contributed by atoms with van der Waals surface area (Å²) in [5.41, 5.74) is 3.85. The van der Waals surface area contributed by atoms with Crippen LogP contribution in [0.3, 0.4) is 0 Å². The molecule has 2 aromatic heterocycles. The first-order valence-corrected chi connectivity index (χ1v) is 11.8. The summed E-state index contributed by atoms with van der Waals surface area (Å²) in [6, 6.07) is 8.88. The molecule has 34 heavy (non-hydrogen) atoms. The van der Waals surface area contributed by atoms with E-state index in [1.807, 2.05) is 18.2 Å². The minimum atomic E-state index is -1.02. The molecule has 0 fully saturated rings. The average Bonchev–Trinajstić information content (AvgIpc) is 3.16. The molecular weight excluding hydrogens is 456 g/mol. The Balaban J connectivity index is 1.48.